The number of nitrogens with zero attached hydrogens (tertiary/aromatic N) is 1. The molecule has 0 aliphatic carbocycles. The van der Waals surface area contributed by atoms with Gasteiger partial charge in [-0.1, -0.05) is 11.6 Å². The Hall–Kier alpha value is -1.81. The van der Waals surface area contributed by atoms with Gasteiger partial charge < -0.3 is 10.6 Å². The lowest BCUT2D eigenvalue weighted by atomic mass is 10.2. The molecule has 18 heavy (non-hydrogen) atoms. The second kappa shape index (κ2) is 5.69. The van der Waals surface area contributed by atoms with Gasteiger partial charge in [-0.15, -0.1) is 0 Å². The van der Waals surface area contributed by atoms with E-state index in [9.17, 15) is 4.79 Å². The summed E-state index contributed by atoms with van der Waals surface area (Å²) in [6.45, 7) is 2.76. The van der Waals surface area contributed by atoms with E-state index in [1.165, 1.54) is 6.92 Å². The molecule has 0 saturated heterocycles. The molecule has 2 N–H and O–H groups in total. The van der Waals surface area contributed by atoms with Gasteiger partial charge in [0.25, 0.3) is 0 Å². The third-order valence-electron chi connectivity index (χ3n) is 2.52. The number of halogens is 1. The average molecular weight is 264 g/mol. The van der Waals surface area contributed by atoms with Crippen LogP contribution >= 0.6 is 11.6 Å². The van der Waals surface area contributed by atoms with E-state index < -0.39 is 0 Å². The standard InChI is InChI=1S/C13H14ClN3O/c1-9(18)15-6-7-17-12-4-5-16-13-8-10(14)2-3-11(12)13/h2-5,8H,6-7H2,1H3,(H,15,18)(H,16,17). The molecule has 0 bridgehead atoms. The molecule has 0 fully saturated rings. The number of nitrogens with one attached hydrogen (secondary N) is 2. The molecule has 0 unspecified atom stereocenters. The van der Waals surface area contributed by atoms with E-state index >= 15 is 0 Å². The van der Waals surface area contributed by atoms with Crippen molar-refractivity contribution in [3.63, 3.8) is 0 Å². The van der Waals surface area contributed by atoms with Gasteiger partial charge in [-0.25, -0.2) is 0 Å². The average Bonchev–Trinajstić information content (AvgIpc) is 2.34. The predicted octanol–water partition coefficient (Wildman–Crippen LogP) is 2.44. The quantitative estimate of drug-likeness (QED) is 0.833. The van der Waals surface area contributed by atoms with Crippen molar-refractivity contribution in [2.75, 3.05) is 18.4 Å². The lowest BCUT2D eigenvalue weighted by Crippen LogP contribution is -2.26. The lowest BCUT2D eigenvalue weighted by Gasteiger charge is -2.09. The maximum atomic E-state index is 10.7. The van der Waals surface area contributed by atoms with Crippen LogP contribution in [-0.2, 0) is 4.79 Å². The molecule has 0 aliphatic heterocycles. The first kappa shape index (κ1) is 12.6. The number of pyridine rings is 1. The van der Waals surface area contributed by atoms with E-state index in [-0.39, 0.29) is 5.91 Å². The van der Waals surface area contributed by atoms with Gasteiger partial charge in [0.2, 0.25) is 5.91 Å². The summed E-state index contributed by atoms with van der Waals surface area (Å²) in [5.41, 5.74) is 1.84. The first-order valence-corrected chi connectivity index (χ1v) is 6.07. The highest BCUT2D eigenvalue weighted by Gasteiger charge is 2.02. The number of amides is 1. The number of aromatic nitrogens is 1. The fourth-order valence-corrected chi connectivity index (χ4v) is 1.88. The molecule has 0 radical (unpaired) electrons. The molecular formula is C13H14ClN3O. The molecule has 1 aromatic carbocycles. The highest BCUT2D eigenvalue weighted by atomic mass is 35.5. The number of anilines is 1. The maximum absolute atomic E-state index is 10.7. The van der Waals surface area contributed by atoms with Gasteiger partial charge in [0.05, 0.1) is 5.52 Å². The Balaban J connectivity index is 2.11. The second-order valence-corrected chi connectivity index (χ2v) is 4.37. The van der Waals surface area contributed by atoms with E-state index in [4.69, 9.17) is 11.6 Å². The minimum Gasteiger partial charge on any atom is -0.383 e. The minimum absolute atomic E-state index is 0.0248. The minimum atomic E-state index is -0.0248. The van der Waals surface area contributed by atoms with Crippen molar-refractivity contribution in [2.45, 2.75) is 6.92 Å². The first-order valence-electron chi connectivity index (χ1n) is 5.69. The van der Waals surface area contributed by atoms with Gasteiger partial charge in [-0.3, -0.25) is 9.78 Å². The van der Waals surface area contributed by atoms with Crippen LogP contribution in [0.15, 0.2) is 30.5 Å². The fourth-order valence-electron chi connectivity index (χ4n) is 1.71. The Morgan fingerprint density at radius 1 is 1.33 bits per heavy atom. The van der Waals surface area contributed by atoms with Crippen LogP contribution in [0, 0.1) is 0 Å². The molecule has 0 aliphatic rings. The highest BCUT2D eigenvalue weighted by Crippen LogP contribution is 2.23. The number of carbonyl (C=O) groups excluding carboxylic acids is 1. The molecule has 0 saturated carbocycles. The molecule has 4 nitrogen and oxygen atoms in total. The smallest absolute Gasteiger partial charge is 0.216 e. The summed E-state index contributed by atoms with van der Waals surface area (Å²) in [5, 5.41) is 7.69. The van der Waals surface area contributed by atoms with Gasteiger partial charge in [0, 0.05) is 42.3 Å². The molecule has 2 aromatic rings. The van der Waals surface area contributed by atoms with E-state index in [1.807, 2.05) is 24.3 Å². The number of rotatable bonds is 4. The van der Waals surface area contributed by atoms with Crippen LogP contribution in [0.3, 0.4) is 0 Å². The van der Waals surface area contributed by atoms with E-state index in [0.717, 1.165) is 16.6 Å². The van der Waals surface area contributed by atoms with Crippen LogP contribution < -0.4 is 10.6 Å². The van der Waals surface area contributed by atoms with E-state index in [2.05, 4.69) is 15.6 Å². The molecule has 0 atom stereocenters. The number of benzene rings is 1. The van der Waals surface area contributed by atoms with Crippen LogP contribution in [0.1, 0.15) is 6.92 Å². The molecule has 0 spiro atoms. The van der Waals surface area contributed by atoms with Crippen molar-refractivity contribution in [1.29, 1.82) is 0 Å². The summed E-state index contributed by atoms with van der Waals surface area (Å²) in [6, 6.07) is 7.51. The van der Waals surface area contributed by atoms with Crippen molar-refractivity contribution in [2.24, 2.45) is 0 Å². The molecule has 2 rings (SSSR count). The van der Waals surface area contributed by atoms with Crippen LogP contribution in [-0.4, -0.2) is 24.0 Å². The largest absolute Gasteiger partial charge is 0.383 e. The Morgan fingerprint density at radius 3 is 2.94 bits per heavy atom. The highest BCUT2D eigenvalue weighted by molar-refractivity contribution is 6.31. The zero-order valence-corrected chi connectivity index (χ0v) is 10.8. The van der Waals surface area contributed by atoms with Gasteiger partial charge in [-0.05, 0) is 24.3 Å². The zero-order valence-electron chi connectivity index (χ0n) is 10.0. The fraction of sp³-hybridized carbons (Fsp3) is 0.231. The summed E-state index contributed by atoms with van der Waals surface area (Å²) in [6.07, 6.45) is 1.74. The van der Waals surface area contributed by atoms with Crippen LogP contribution in [0.25, 0.3) is 10.9 Å². The Bertz CT molecular complexity index is 571. The van der Waals surface area contributed by atoms with Gasteiger partial charge >= 0.3 is 0 Å². The van der Waals surface area contributed by atoms with Crippen molar-refractivity contribution >= 4 is 34.1 Å². The van der Waals surface area contributed by atoms with Crippen molar-refractivity contribution in [3.05, 3.63) is 35.5 Å². The van der Waals surface area contributed by atoms with Gasteiger partial charge in [-0.2, -0.15) is 0 Å². The molecule has 1 amide bonds. The Labute approximate surface area is 110 Å². The summed E-state index contributed by atoms with van der Waals surface area (Å²) in [4.78, 5) is 15.0. The predicted molar refractivity (Wildman–Crippen MR) is 73.9 cm³/mol. The normalized spacial score (nSPS) is 10.3. The Kier molecular flexibility index (Phi) is 3.99. The number of fused-ring (bicyclic) bond motifs is 1. The maximum Gasteiger partial charge on any atom is 0.216 e. The van der Waals surface area contributed by atoms with Crippen molar-refractivity contribution < 1.29 is 4.79 Å². The number of hydrogen-bond donors (Lipinski definition) is 2. The summed E-state index contributed by atoms with van der Waals surface area (Å²) in [7, 11) is 0. The third-order valence-corrected chi connectivity index (χ3v) is 2.75. The van der Waals surface area contributed by atoms with E-state index in [0.29, 0.717) is 18.1 Å². The lowest BCUT2D eigenvalue weighted by molar-refractivity contribution is -0.118. The van der Waals surface area contributed by atoms with Crippen LogP contribution in [0.5, 0.6) is 0 Å². The van der Waals surface area contributed by atoms with Crippen LogP contribution in [0.4, 0.5) is 5.69 Å². The number of hydrogen-bond acceptors (Lipinski definition) is 3. The van der Waals surface area contributed by atoms with Crippen molar-refractivity contribution in [1.82, 2.24) is 10.3 Å². The molecule has 1 aromatic heterocycles. The SMILES string of the molecule is CC(=O)NCCNc1ccnc2cc(Cl)ccc12. The molecule has 1 heterocycles. The summed E-state index contributed by atoms with van der Waals surface area (Å²) < 4.78 is 0. The van der Waals surface area contributed by atoms with Gasteiger partial charge in [0.1, 0.15) is 0 Å². The number of carbonyl (C=O) groups is 1. The molecule has 94 valence electrons. The second-order valence-electron chi connectivity index (χ2n) is 3.93. The first-order chi connectivity index (χ1) is 8.66. The van der Waals surface area contributed by atoms with E-state index in [1.54, 1.807) is 6.20 Å². The third kappa shape index (κ3) is 3.11. The summed E-state index contributed by atoms with van der Waals surface area (Å²) >= 11 is 5.92. The van der Waals surface area contributed by atoms with Crippen LogP contribution in [0.2, 0.25) is 5.02 Å². The molecule has 5 heteroatoms. The monoisotopic (exact) mass is 263 g/mol. The van der Waals surface area contributed by atoms with Gasteiger partial charge in [0.15, 0.2) is 0 Å². The topological polar surface area (TPSA) is 54.0 Å². The zero-order chi connectivity index (χ0) is 13.0. The molecular weight excluding hydrogens is 250 g/mol. The Morgan fingerprint density at radius 2 is 2.17 bits per heavy atom. The summed E-state index contributed by atoms with van der Waals surface area (Å²) in [5.74, 6) is -0.0248. The van der Waals surface area contributed by atoms with Crippen molar-refractivity contribution in [3.8, 4) is 0 Å².